The molecule has 3 saturated heterocycles. The number of rotatable bonds is 21. The lowest BCUT2D eigenvalue weighted by molar-refractivity contribution is 0.0427. The van der Waals surface area contributed by atoms with E-state index in [0.717, 1.165) is 39.1 Å². The summed E-state index contributed by atoms with van der Waals surface area (Å²) in [6.45, 7) is 11.4. The second-order valence-corrected chi connectivity index (χ2v) is 11.7. The minimum absolute atomic E-state index is 0.197. The van der Waals surface area contributed by atoms with Gasteiger partial charge < -0.3 is 28.4 Å². The molecule has 7 heteroatoms. The van der Waals surface area contributed by atoms with Crippen LogP contribution in [0.5, 0.6) is 0 Å². The van der Waals surface area contributed by atoms with Crippen LogP contribution in [0.15, 0.2) is 0 Å². The molecule has 6 nitrogen and oxygen atoms in total. The lowest BCUT2D eigenvalue weighted by Crippen LogP contribution is -2.31. The van der Waals surface area contributed by atoms with Gasteiger partial charge in [0.1, 0.15) is 18.3 Å². The Morgan fingerprint density at radius 1 is 0.613 bits per heavy atom. The minimum atomic E-state index is -0.628. The normalized spacial score (nSPS) is 28.2. The number of ether oxygens (including phenoxy) is 6. The van der Waals surface area contributed by atoms with Gasteiger partial charge in [-0.1, -0.05) is 59.3 Å². The highest BCUT2D eigenvalue weighted by molar-refractivity contribution is 7.59. The summed E-state index contributed by atoms with van der Waals surface area (Å²) in [5.74, 6) is 0.592. The Bertz CT molecular complexity index is 402. The summed E-state index contributed by atoms with van der Waals surface area (Å²) in [6.07, 6.45) is 11.1. The smallest absolute Gasteiger partial charge is 0.104 e. The highest BCUT2D eigenvalue weighted by Gasteiger charge is 2.40. The van der Waals surface area contributed by atoms with Crippen molar-refractivity contribution in [3.05, 3.63) is 0 Å². The van der Waals surface area contributed by atoms with Crippen molar-refractivity contribution < 1.29 is 28.4 Å². The molecule has 3 rings (SSSR count). The predicted octanol–water partition coefficient (Wildman–Crippen LogP) is 5.26. The monoisotopic (exact) mass is 460 g/mol. The second-order valence-electron chi connectivity index (χ2n) is 9.10. The summed E-state index contributed by atoms with van der Waals surface area (Å²) in [5, 5.41) is 0. The van der Waals surface area contributed by atoms with Crippen LogP contribution in [0.1, 0.15) is 78.6 Å². The van der Waals surface area contributed by atoms with E-state index in [9.17, 15) is 0 Å². The molecule has 0 aromatic carbocycles. The Morgan fingerprint density at radius 3 is 1.13 bits per heavy atom. The van der Waals surface area contributed by atoms with E-state index in [1.807, 2.05) is 0 Å². The van der Waals surface area contributed by atoms with Crippen molar-refractivity contribution in [2.24, 2.45) is 0 Å². The fraction of sp³-hybridized carbons (Fsp3) is 1.00. The predicted molar refractivity (Wildman–Crippen MR) is 124 cm³/mol. The van der Waals surface area contributed by atoms with Gasteiger partial charge in [0.05, 0.1) is 57.2 Å². The minimum Gasteiger partial charge on any atom is -0.371 e. The van der Waals surface area contributed by atoms with E-state index in [1.54, 1.807) is 0 Å². The molecule has 0 amide bonds. The number of hydrogen-bond donors (Lipinski definition) is 0. The molecular formula is C24H45O6P. The lowest BCUT2D eigenvalue weighted by atomic mass is 10.2. The molecule has 31 heavy (non-hydrogen) atoms. The molecular weight excluding hydrogens is 415 g/mol. The third kappa shape index (κ3) is 10.3. The van der Waals surface area contributed by atoms with Crippen LogP contribution in [0, 0.1) is 0 Å². The van der Waals surface area contributed by atoms with E-state index >= 15 is 0 Å². The number of hydrogen-bond acceptors (Lipinski definition) is 6. The summed E-state index contributed by atoms with van der Waals surface area (Å²) >= 11 is 0. The van der Waals surface area contributed by atoms with E-state index in [2.05, 4.69) is 20.8 Å². The van der Waals surface area contributed by atoms with E-state index in [1.165, 1.54) is 38.5 Å². The molecule has 3 aliphatic heterocycles. The maximum Gasteiger partial charge on any atom is 0.104 e. The third-order valence-electron chi connectivity index (χ3n) is 6.04. The van der Waals surface area contributed by atoms with Crippen molar-refractivity contribution in [1.82, 2.24) is 0 Å². The molecule has 3 aliphatic rings. The van der Waals surface area contributed by atoms with E-state index in [4.69, 9.17) is 28.4 Å². The molecule has 0 radical (unpaired) electrons. The number of epoxide rings is 3. The van der Waals surface area contributed by atoms with Gasteiger partial charge in [0.15, 0.2) is 0 Å². The van der Waals surface area contributed by atoms with Gasteiger partial charge in [0.2, 0.25) is 0 Å². The van der Waals surface area contributed by atoms with Crippen molar-refractivity contribution in [3.63, 3.8) is 0 Å². The standard InChI is InChI=1S/C24H45O6P/c1-4-7-10-22(28-16-19-13-25-19)31(23(11-8-5-2)29-17-20-14-26-20)24(12-9-6-3)30-18-21-15-27-21/h19-24H,4-18H2,1-3H3. The zero-order chi connectivity index (χ0) is 21.9. The summed E-state index contributed by atoms with van der Waals surface area (Å²) in [5.41, 5.74) is 0. The first-order chi connectivity index (χ1) is 15.2. The lowest BCUT2D eigenvalue weighted by Gasteiger charge is -2.39. The van der Waals surface area contributed by atoms with Crippen LogP contribution < -0.4 is 0 Å². The Labute approximate surface area is 190 Å². The average molecular weight is 461 g/mol. The molecule has 3 fully saturated rings. The Hall–Kier alpha value is 0.190. The highest BCUT2D eigenvalue weighted by Crippen LogP contribution is 2.57. The molecule has 0 saturated carbocycles. The molecule has 6 atom stereocenters. The molecule has 0 aromatic rings. The topological polar surface area (TPSA) is 65.3 Å². The quantitative estimate of drug-likeness (QED) is 0.172. The van der Waals surface area contributed by atoms with Crippen molar-refractivity contribution >= 4 is 7.92 Å². The van der Waals surface area contributed by atoms with Crippen molar-refractivity contribution in [3.8, 4) is 0 Å². The van der Waals surface area contributed by atoms with Gasteiger partial charge in [-0.25, -0.2) is 0 Å². The fourth-order valence-corrected chi connectivity index (χ4v) is 7.13. The van der Waals surface area contributed by atoms with Crippen molar-refractivity contribution in [2.75, 3.05) is 39.6 Å². The SMILES string of the molecule is CCCCC(OCC1CO1)P(C(CCCC)OCC1CO1)C(CCCC)OCC1CO1. The molecule has 0 N–H and O–H groups in total. The Balaban J connectivity index is 1.75. The van der Waals surface area contributed by atoms with Gasteiger partial charge >= 0.3 is 0 Å². The summed E-state index contributed by atoms with van der Waals surface area (Å²) in [6, 6.07) is 0. The van der Waals surface area contributed by atoms with Gasteiger partial charge in [-0.3, -0.25) is 0 Å². The van der Waals surface area contributed by atoms with E-state index in [0.29, 0.717) is 19.8 Å². The van der Waals surface area contributed by atoms with Crippen LogP contribution in [0.3, 0.4) is 0 Å². The molecule has 182 valence electrons. The first-order valence-electron chi connectivity index (χ1n) is 12.7. The summed E-state index contributed by atoms with van der Waals surface area (Å²) < 4.78 is 36.1. The zero-order valence-electron chi connectivity index (χ0n) is 20.0. The van der Waals surface area contributed by atoms with Gasteiger partial charge in [-0.15, -0.1) is 0 Å². The van der Waals surface area contributed by atoms with Crippen LogP contribution in [0.25, 0.3) is 0 Å². The summed E-state index contributed by atoms with van der Waals surface area (Å²) in [7, 11) is -0.628. The molecule has 6 unspecified atom stereocenters. The molecule has 3 heterocycles. The van der Waals surface area contributed by atoms with Crippen LogP contribution >= 0.6 is 7.92 Å². The van der Waals surface area contributed by atoms with Crippen LogP contribution in [0.2, 0.25) is 0 Å². The molecule has 0 aliphatic carbocycles. The molecule has 0 aromatic heterocycles. The van der Waals surface area contributed by atoms with Crippen LogP contribution in [-0.4, -0.2) is 75.5 Å². The Kier molecular flexibility index (Phi) is 12.0. The third-order valence-corrected chi connectivity index (χ3v) is 9.26. The number of unbranched alkanes of at least 4 members (excludes halogenated alkanes) is 3. The second kappa shape index (κ2) is 14.5. The van der Waals surface area contributed by atoms with Crippen LogP contribution in [-0.2, 0) is 28.4 Å². The maximum absolute atomic E-state index is 6.58. The average Bonchev–Trinajstić information content (AvgIpc) is 3.64. The van der Waals surface area contributed by atoms with Crippen molar-refractivity contribution in [2.45, 2.75) is 114 Å². The van der Waals surface area contributed by atoms with Crippen molar-refractivity contribution in [1.29, 1.82) is 0 Å². The van der Waals surface area contributed by atoms with Crippen LogP contribution in [0.4, 0.5) is 0 Å². The van der Waals surface area contributed by atoms with Gasteiger partial charge in [-0.05, 0) is 27.2 Å². The first-order valence-corrected chi connectivity index (χ1v) is 14.3. The summed E-state index contributed by atoms with van der Waals surface area (Å²) in [4.78, 5) is 0. The Morgan fingerprint density at radius 2 is 0.903 bits per heavy atom. The van der Waals surface area contributed by atoms with Gasteiger partial charge in [0, 0.05) is 0 Å². The van der Waals surface area contributed by atoms with E-state index < -0.39 is 7.92 Å². The fourth-order valence-electron chi connectivity index (χ4n) is 3.80. The van der Waals surface area contributed by atoms with E-state index in [-0.39, 0.29) is 35.8 Å². The molecule has 0 spiro atoms. The highest BCUT2D eigenvalue weighted by atomic mass is 31.1. The van der Waals surface area contributed by atoms with Gasteiger partial charge in [0.25, 0.3) is 0 Å². The van der Waals surface area contributed by atoms with Gasteiger partial charge in [-0.2, -0.15) is 0 Å². The maximum atomic E-state index is 6.58. The largest absolute Gasteiger partial charge is 0.371 e. The molecule has 0 bridgehead atoms. The first kappa shape index (κ1) is 25.8. The zero-order valence-corrected chi connectivity index (χ0v) is 20.9.